The van der Waals surface area contributed by atoms with E-state index >= 15 is 0 Å². The standard InChI is InChI=1S/C16H13Cl2N3O3/c1-24-14-7-6-12(8-13(14)18)20-15(22)16(23)21-19-9-10-2-4-11(17)5-3-10/h2-9H,1H3,(H,20,22)(H,21,23)/b19-9-. The average molecular weight is 366 g/mol. The van der Waals surface area contributed by atoms with Crippen molar-refractivity contribution in [3.8, 4) is 5.75 Å². The minimum Gasteiger partial charge on any atom is -0.495 e. The summed E-state index contributed by atoms with van der Waals surface area (Å²) in [4.78, 5) is 23.5. The minimum absolute atomic E-state index is 0.316. The Bertz CT molecular complexity index is 777. The van der Waals surface area contributed by atoms with Crippen LogP contribution in [0.4, 0.5) is 5.69 Å². The quantitative estimate of drug-likeness (QED) is 0.496. The van der Waals surface area contributed by atoms with Gasteiger partial charge in [0.25, 0.3) is 0 Å². The number of amides is 2. The van der Waals surface area contributed by atoms with Gasteiger partial charge in [0.2, 0.25) is 0 Å². The van der Waals surface area contributed by atoms with Crippen LogP contribution in [0.2, 0.25) is 10.0 Å². The van der Waals surface area contributed by atoms with Crippen LogP contribution in [-0.2, 0) is 9.59 Å². The molecule has 6 nitrogen and oxygen atoms in total. The van der Waals surface area contributed by atoms with Crippen LogP contribution in [0, 0.1) is 0 Å². The molecule has 24 heavy (non-hydrogen) atoms. The predicted octanol–water partition coefficient (Wildman–Crippen LogP) is 3.09. The summed E-state index contributed by atoms with van der Waals surface area (Å²) in [6.45, 7) is 0. The number of anilines is 1. The molecule has 0 bridgehead atoms. The Balaban J connectivity index is 1.91. The van der Waals surface area contributed by atoms with Crippen molar-refractivity contribution in [2.24, 2.45) is 5.10 Å². The highest BCUT2D eigenvalue weighted by atomic mass is 35.5. The Hall–Kier alpha value is -2.57. The lowest BCUT2D eigenvalue weighted by molar-refractivity contribution is -0.136. The first-order valence-electron chi connectivity index (χ1n) is 6.73. The van der Waals surface area contributed by atoms with Crippen molar-refractivity contribution in [1.29, 1.82) is 0 Å². The lowest BCUT2D eigenvalue weighted by Crippen LogP contribution is -2.32. The Labute approximate surface area is 148 Å². The van der Waals surface area contributed by atoms with E-state index in [1.807, 2.05) is 0 Å². The van der Waals surface area contributed by atoms with Gasteiger partial charge in [-0.1, -0.05) is 35.3 Å². The van der Waals surface area contributed by atoms with Crippen LogP contribution in [-0.4, -0.2) is 25.1 Å². The minimum atomic E-state index is -0.910. The van der Waals surface area contributed by atoms with Crippen molar-refractivity contribution >= 4 is 46.9 Å². The number of rotatable bonds is 4. The van der Waals surface area contributed by atoms with E-state index in [1.54, 1.807) is 36.4 Å². The summed E-state index contributed by atoms with van der Waals surface area (Å²) in [7, 11) is 1.48. The highest BCUT2D eigenvalue weighted by Crippen LogP contribution is 2.27. The molecule has 2 aromatic carbocycles. The number of methoxy groups -OCH3 is 1. The molecule has 0 aromatic heterocycles. The van der Waals surface area contributed by atoms with Gasteiger partial charge in [0.05, 0.1) is 18.3 Å². The zero-order valence-electron chi connectivity index (χ0n) is 12.5. The van der Waals surface area contributed by atoms with Crippen LogP contribution in [0.3, 0.4) is 0 Å². The number of hydrogen-bond acceptors (Lipinski definition) is 4. The smallest absolute Gasteiger partial charge is 0.329 e. The number of halogens is 2. The molecule has 0 aliphatic rings. The summed E-state index contributed by atoms with van der Waals surface area (Å²) in [5, 5.41) is 7.02. The van der Waals surface area contributed by atoms with Crippen molar-refractivity contribution in [2.45, 2.75) is 0 Å². The molecule has 0 unspecified atom stereocenters. The summed E-state index contributed by atoms with van der Waals surface area (Å²) in [6, 6.07) is 11.4. The zero-order valence-corrected chi connectivity index (χ0v) is 14.1. The summed E-state index contributed by atoms with van der Waals surface area (Å²) in [5.41, 5.74) is 3.22. The fourth-order valence-electron chi connectivity index (χ4n) is 1.70. The van der Waals surface area contributed by atoms with Gasteiger partial charge >= 0.3 is 11.8 Å². The van der Waals surface area contributed by atoms with Gasteiger partial charge in [-0.25, -0.2) is 5.43 Å². The van der Waals surface area contributed by atoms with Gasteiger partial charge in [0.1, 0.15) is 5.75 Å². The normalized spacial score (nSPS) is 10.5. The molecule has 2 rings (SSSR count). The van der Waals surface area contributed by atoms with Crippen LogP contribution < -0.4 is 15.5 Å². The molecule has 2 amide bonds. The van der Waals surface area contributed by atoms with Gasteiger partial charge in [0, 0.05) is 10.7 Å². The van der Waals surface area contributed by atoms with E-state index in [0.717, 1.165) is 5.56 Å². The van der Waals surface area contributed by atoms with Crippen molar-refractivity contribution in [2.75, 3.05) is 12.4 Å². The maximum Gasteiger partial charge on any atom is 0.329 e. The largest absolute Gasteiger partial charge is 0.495 e. The molecule has 0 aliphatic carbocycles. The monoisotopic (exact) mass is 365 g/mol. The number of carbonyl (C=O) groups is 2. The van der Waals surface area contributed by atoms with E-state index in [1.165, 1.54) is 19.4 Å². The third-order valence-corrected chi connectivity index (χ3v) is 3.41. The summed E-state index contributed by atoms with van der Waals surface area (Å²) < 4.78 is 5.00. The fraction of sp³-hybridized carbons (Fsp3) is 0.0625. The van der Waals surface area contributed by atoms with Crippen molar-refractivity contribution in [1.82, 2.24) is 5.43 Å². The molecule has 0 saturated carbocycles. The van der Waals surface area contributed by atoms with Crippen LogP contribution in [0.1, 0.15) is 5.56 Å². The Kier molecular flexibility index (Phi) is 6.17. The first kappa shape index (κ1) is 17.8. The third-order valence-electron chi connectivity index (χ3n) is 2.87. The molecule has 0 saturated heterocycles. The van der Waals surface area contributed by atoms with Crippen molar-refractivity contribution in [3.63, 3.8) is 0 Å². The zero-order chi connectivity index (χ0) is 17.5. The predicted molar refractivity (Wildman–Crippen MR) is 93.8 cm³/mol. The van der Waals surface area contributed by atoms with Gasteiger partial charge in [-0.15, -0.1) is 0 Å². The second-order valence-electron chi connectivity index (χ2n) is 4.55. The lowest BCUT2D eigenvalue weighted by Gasteiger charge is -2.07. The van der Waals surface area contributed by atoms with Gasteiger partial charge < -0.3 is 10.1 Å². The van der Waals surface area contributed by atoms with E-state index in [2.05, 4.69) is 15.8 Å². The van der Waals surface area contributed by atoms with Crippen molar-refractivity contribution in [3.05, 3.63) is 58.1 Å². The van der Waals surface area contributed by atoms with E-state index in [4.69, 9.17) is 27.9 Å². The van der Waals surface area contributed by atoms with Crippen LogP contribution >= 0.6 is 23.2 Å². The first-order chi connectivity index (χ1) is 11.5. The Morgan fingerprint density at radius 3 is 2.42 bits per heavy atom. The first-order valence-corrected chi connectivity index (χ1v) is 7.48. The third kappa shape index (κ3) is 4.97. The molecule has 0 spiro atoms. The summed E-state index contributed by atoms with van der Waals surface area (Å²) in [6.07, 6.45) is 1.39. The molecule has 8 heteroatoms. The highest BCUT2D eigenvalue weighted by Gasteiger charge is 2.13. The summed E-state index contributed by atoms with van der Waals surface area (Å²) in [5.74, 6) is -1.32. The fourth-order valence-corrected chi connectivity index (χ4v) is 2.08. The number of hydrogen-bond donors (Lipinski definition) is 2. The molecule has 0 fully saturated rings. The van der Waals surface area contributed by atoms with E-state index in [-0.39, 0.29) is 0 Å². The topological polar surface area (TPSA) is 79.8 Å². The van der Waals surface area contributed by atoms with Crippen LogP contribution in [0.5, 0.6) is 5.75 Å². The maximum absolute atomic E-state index is 11.8. The van der Waals surface area contributed by atoms with Crippen molar-refractivity contribution < 1.29 is 14.3 Å². The van der Waals surface area contributed by atoms with Gasteiger partial charge in [-0.2, -0.15) is 5.10 Å². The molecule has 0 atom stereocenters. The number of ether oxygens (including phenoxy) is 1. The maximum atomic E-state index is 11.8. The second kappa shape index (κ2) is 8.33. The van der Waals surface area contributed by atoms with E-state index in [0.29, 0.717) is 21.5 Å². The molecule has 2 aromatic rings. The van der Waals surface area contributed by atoms with Crippen LogP contribution in [0.25, 0.3) is 0 Å². The number of carbonyl (C=O) groups excluding carboxylic acids is 2. The van der Waals surface area contributed by atoms with Crippen LogP contribution in [0.15, 0.2) is 47.6 Å². The Morgan fingerprint density at radius 2 is 1.79 bits per heavy atom. The molecular formula is C16H13Cl2N3O3. The molecule has 0 aliphatic heterocycles. The van der Waals surface area contributed by atoms with Gasteiger partial charge in [0.15, 0.2) is 0 Å². The SMILES string of the molecule is COc1ccc(NC(=O)C(=O)N/N=C\c2ccc(Cl)cc2)cc1Cl. The number of hydrazone groups is 1. The molecule has 124 valence electrons. The summed E-state index contributed by atoms with van der Waals surface area (Å²) >= 11 is 11.7. The van der Waals surface area contributed by atoms with Gasteiger partial charge in [-0.05, 0) is 35.9 Å². The lowest BCUT2D eigenvalue weighted by atomic mass is 10.2. The number of nitrogens with one attached hydrogen (secondary N) is 2. The Morgan fingerprint density at radius 1 is 1.08 bits per heavy atom. The van der Waals surface area contributed by atoms with Gasteiger partial charge in [-0.3, -0.25) is 9.59 Å². The number of benzene rings is 2. The molecular weight excluding hydrogens is 353 g/mol. The van der Waals surface area contributed by atoms with E-state index in [9.17, 15) is 9.59 Å². The molecule has 2 N–H and O–H groups in total. The highest BCUT2D eigenvalue weighted by molar-refractivity contribution is 6.40. The second-order valence-corrected chi connectivity index (χ2v) is 5.40. The average Bonchev–Trinajstić information content (AvgIpc) is 2.56. The van der Waals surface area contributed by atoms with E-state index < -0.39 is 11.8 Å². The molecule has 0 radical (unpaired) electrons. The number of nitrogens with zero attached hydrogens (tertiary/aromatic N) is 1. The molecule has 0 heterocycles.